The molecule has 0 fully saturated rings. The third-order valence-corrected chi connectivity index (χ3v) is 3.68. The van der Waals surface area contributed by atoms with Crippen LogP contribution in [0, 0.1) is 6.92 Å². The van der Waals surface area contributed by atoms with Crippen LogP contribution in [0.3, 0.4) is 0 Å². The highest BCUT2D eigenvalue weighted by Gasteiger charge is 2.12. The molecule has 0 aliphatic rings. The number of aryl methyl sites for hydroxylation is 1. The Kier molecular flexibility index (Phi) is 3.53. The van der Waals surface area contributed by atoms with Crippen LogP contribution in [0.5, 0.6) is 0 Å². The highest BCUT2D eigenvalue weighted by Crippen LogP contribution is 2.27. The van der Waals surface area contributed by atoms with Gasteiger partial charge in [0.15, 0.2) is 0 Å². The van der Waals surface area contributed by atoms with Gasteiger partial charge in [0.1, 0.15) is 0 Å². The van der Waals surface area contributed by atoms with Crippen LogP contribution in [0.15, 0.2) is 39.5 Å². The Labute approximate surface area is 125 Å². The van der Waals surface area contributed by atoms with Crippen molar-refractivity contribution in [1.29, 1.82) is 0 Å². The first-order chi connectivity index (χ1) is 10.1. The Morgan fingerprint density at radius 1 is 1.29 bits per heavy atom. The molecule has 2 aromatic heterocycles. The average Bonchev–Trinajstić information content (AvgIpc) is 3.10. The summed E-state index contributed by atoms with van der Waals surface area (Å²) in [7, 11) is 0. The lowest BCUT2D eigenvalue weighted by Crippen LogP contribution is -2.07. The van der Waals surface area contributed by atoms with Crippen molar-refractivity contribution in [2.45, 2.75) is 13.8 Å². The van der Waals surface area contributed by atoms with Gasteiger partial charge in [0.05, 0.1) is 0 Å². The molecule has 1 amide bonds. The first-order valence-corrected chi connectivity index (χ1v) is 7.32. The lowest BCUT2D eigenvalue weighted by molar-refractivity contribution is -0.114. The van der Waals surface area contributed by atoms with E-state index in [1.165, 1.54) is 6.92 Å². The molecule has 0 bridgehead atoms. The van der Waals surface area contributed by atoms with Crippen LogP contribution < -0.4 is 5.32 Å². The number of hydrogen-bond donors (Lipinski definition) is 1. The van der Waals surface area contributed by atoms with Gasteiger partial charge in [-0.3, -0.25) is 4.79 Å². The summed E-state index contributed by atoms with van der Waals surface area (Å²) in [5, 5.41) is 10.7. The molecule has 0 saturated heterocycles. The van der Waals surface area contributed by atoms with Crippen molar-refractivity contribution in [2.75, 3.05) is 5.32 Å². The molecule has 21 heavy (non-hydrogen) atoms. The van der Waals surface area contributed by atoms with Crippen LogP contribution in [0.25, 0.3) is 22.8 Å². The fourth-order valence-electron chi connectivity index (χ4n) is 1.93. The number of carbonyl (C=O) groups excluding carboxylic acids is 1. The second-order valence-electron chi connectivity index (χ2n) is 4.65. The van der Waals surface area contributed by atoms with E-state index in [4.69, 9.17) is 4.52 Å². The summed E-state index contributed by atoms with van der Waals surface area (Å²) in [6.07, 6.45) is 0. The first kappa shape index (κ1) is 13.5. The molecule has 3 rings (SSSR count). The second kappa shape index (κ2) is 5.49. The van der Waals surface area contributed by atoms with Gasteiger partial charge in [-0.2, -0.15) is 16.3 Å². The van der Waals surface area contributed by atoms with E-state index in [0.29, 0.717) is 11.7 Å². The molecule has 0 unspecified atom stereocenters. The third-order valence-electron chi connectivity index (χ3n) is 3.00. The molecule has 0 atom stereocenters. The molecule has 3 aromatic rings. The Morgan fingerprint density at radius 2 is 2.14 bits per heavy atom. The van der Waals surface area contributed by atoms with Crippen LogP contribution >= 0.6 is 11.3 Å². The van der Waals surface area contributed by atoms with Crippen molar-refractivity contribution >= 4 is 22.9 Å². The number of hydrogen-bond acceptors (Lipinski definition) is 5. The SMILES string of the molecule is CC(=O)Nc1cc(-c2nc(-c3ccsc3)no2)ccc1C. The first-order valence-electron chi connectivity index (χ1n) is 6.38. The molecule has 0 aliphatic carbocycles. The summed E-state index contributed by atoms with van der Waals surface area (Å²) in [6.45, 7) is 3.41. The largest absolute Gasteiger partial charge is 0.334 e. The maximum Gasteiger partial charge on any atom is 0.258 e. The highest BCUT2D eigenvalue weighted by molar-refractivity contribution is 7.08. The standard InChI is InChI=1S/C15H13N3O2S/c1-9-3-4-11(7-13(9)16-10(2)19)15-17-14(18-20-15)12-5-6-21-8-12/h3-8H,1-2H3,(H,16,19). The molecule has 0 spiro atoms. The average molecular weight is 299 g/mol. The van der Waals surface area contributed by atoms with Gasteiger partial charge in [-0.25, -0.2) is 0 Å². The van der Waals surface area contributed by atoms with Gasteiger partial charge in [-0.1, -0.05) is 11.2 Å². The van der Waals surface area contributed by atoms with Crippen molar-refractivity contribution in [3.8, 4) is 22.8 Å². The van der Waals surface area contributed by atoms with E-state index >= 15 is 0 Å². The predicted octanol–water partition coefficient (Wildman–Crippen LogP) is 3.73. The fourth-order valence-corrected chi connectivity index (χ4v) is 2.56. The summed E-state index contributed by atoms with van der Waals surface area (Å²) in [5.74, 6) is 0.885. The lowest BCUT2D eigenvalue weighted by Gasteiger charge is -2.07. The highest BCUT2D eigenvalue weighted by atomic mass is 32.1. The van der Waals surface area contributed by atoms with Crippen molar-refractivity contribution < 1.29 is 9.32 Å². The molecule has 6 heteroatoms. The lowest BCUT2D eigenvalue weighted by atomic mass is 10.1. The molecule has 106 valence electrons. The zero-order chi connectivity index (χ0) is 14.8. The minimum absolute atomic E-state index is 0.111. The van der Waals surface area contributed by atoms with Crippen LogP contribution in [0.1, 0.15) is 12.5 Å². The van der Waals surface area contributed by atoms with Gasteiger partial charge in [0.2, 0.25) is 11.7 Å². The maximum atomic E-state index is 11.2. The van der Waals surface area contributed by atoms with E-state index in [0.717, 1.165) is 22.4 Å². The molecule has 0 aliphatic heterocycles. The van der Waals surface area contributed by atoms with E-state index in [1.54, 1.807) is 11.3 Å². The topological polar surface area (TPSA) is 68.0 Å². The molecule has 2 heterocycles. The minimum atomic E-state index is -0.111. The molecule has 0 saturated carbocycles. The summed E-state index contributed by atoms with van der Waals surface area (Å²) in [4.78, 5) is 15.6. The molecular weight excluding hydrogens is 286 g/mol. The van der Waals surface area contributed by atoms with Crippen molar-refractivity contribution in [1.82, 2.24) is 10.1 Å². The van der Waals surface area contributed by atoms with E-state index in [2.05, 4.69) is 15.5 Å². The number of carbonyl (C=O) groups is 1. The number of anilines is 1. The van der Waals surface area contributed by atoms with Gasteiger partial charge in [-0.05, 0) is 36.1 Å². The Bertz CT molecular complexity index is 778. The normalized spacial score (nSPS) is 10.6. The van der Waals surface area contributed by atoms with Gasteiger partial charge < -0.3 is 9.84 Å². The number of nitrogens with one attached hydrogen (secondary N) is 1. The summed E-state index contributed by atoms with van der Waals surface area (Å²) in [5.41, 5.74) is 3.43. The van der Waals surface area contributed by atoms with Crippen LogP contribution in [0.4, 0.5) is 5.69 Å². The van der Waals surface area contributed by atoms with Crippen LogP contribution in [0.2, 0.25) is 0 Å². The minimum Gasteiger partial charge on any atom is -0.334 e. The van der Waals surface area contributed by atoms with Crippen molar-refractivity contribution in [3.05, 3.63) is 40.6 Å². The molecular formula is C15H13N3O2S. The van der Waals surface area contributed by atoms with E-state index in [1.807, 2.05) is 41.9 Å². The number of amides is 1. The van der Waals surface area contributed by atoms with E-state index in [-0.39, 0.29) is 5.91 Å². The third kappa shape index (κ3) is 2.85. The molecule has 5 nitrogen and oxygen atoms in total. The van der Waals surface area contributed by atoms with Crippen molar-refractivity contribution in [2.24, 2.45) is 0 Å². The molecule has 1 N–H and O–H groups in total. The second-order valence-corrected chi connectivity index (χ2v) is 5.43. The monoisotopic (exact) mass is 299 g/mol. The summed E-state index contributed by atoms with van der Waals surface area (Å²) < 4.78 is 5.31. The maximum absolute atomic E-state index is 11.2. The summed E-state index contributed by atoms with van der Waals surface area (Å²) >= 11 is 1.58. The van der Waals surface area contributed by atoms with Gasteiger partial charge in [0.25, 0.3) is 5.89 Å². The number of nitrogens with zero attached hydrogens (tertiary/aromatic N) is 2. The zero-order valence-electron chi connectivity index (χ0n) is 11.6. The quantitative estimate of drug-likeness (QED) is 0.800. The Hall–Kier alpha value is -2.47. The van der Waals surface area contributed by atoms with Crippen LogP contribution in [-0.2, 0) is 4.79 Å². The molecule has 0 radical (unpaired) electrons. The fraction of sp³-hybridized carbons (Fsp3) is 0.133. The zero-order valence-corrected chi connectivity index (χ0v) is 12.4. The Morgan fingerprint density at radius 3 is 2.86 bits per heavy atom. The number of rotatable bonds is 3. The number of aromatic nitrogens is 2. The number of thiophene rings is 1. The predicted molar refractivity (Wildman–Crippen MR) is 82.1 cm³/mol. The van der Waals surface area contributed by atoms with Crippen LogP contribution in [-0.4, -0.2) is 16.0 Å². The molecule has 1 aromatic carbocycles. The van der Waals surface area contributed by atoms with Crippen molar-refractivity contribution in [3.63, 3.8) is 0 Å². The van der Waals surface area contributed by atoms with Gasteiger partial charge in [-0.15, -0.1) is 0 Å². The Balaban J connectivity index is 1.95. The van der Waals surface area contributed by atoms with Gasteiger partial charge >= 0.3 is 0 Å². The van der Waals surface area contributed by atoms with Gasteiger partial charge in [0, 0.05) is 29.1 Å². The van der Waals surface area contributed by atoms with E-state index < -0.39 is 0 Å². The number of benzene rings is 1. The van der Waals surface area contributed by atoms with E-state index in [9.17, 15) is 4.79 Å². The smallest absolute Gasteiger partial charge is 0.258 e. The summed E-state index contributed by atoms with van der Waals surface area (Å²) in [6, 6.07) is 7.58.